The molecule has 0 spiro atoms. The van der Waals surface area contributed by atoms with E-state index in [4.69, 9.17) is 9.47 Å². The lowest BCUT2D eigenvalue weighted by molar-refractivity contribution is -0.144. The summed E-state index contributed by atoms with van der Waals surface area (Å²) in [5.41, 5.74) is 1.17. The Morgan fingerprint density at radius 3 is 2.70 bits per heavy atom. The van der Waals surface area contributed by atoms with Crippen LogP contribution < -0.4 is 4.74 Å². The van der Waals surface area contributed by atoms with Gasteiger partial charge in [-0.05, 0) is 54.8 Å². The van der Waals surface area contributed by atoms with Gasteiger partial charge in [0.05, 0.1) is 12.6 Å². The fourth-order valence-corrected chi connectivity index (χ4v) is 5.85. The van der Waals surface area contributed by atoms with E-state index >= 15 is 0 Å². The number of carbonyl (C=O) groups excluding carboxylic acids is 2. The highest BCUT2D eigenvalue weighted by Gasteiger charge is 2.35. The quantitative estimate of drug-likeness (QED) is 0.486. The van der Waals surface area contributed by atoms with E-state index in [9.17, 15) is 9.59 Å². The molecule has 4 rings (SSSR count). The minimum atomic E-state index is -0.143. The first-order valence-electron chi connectivity index (χ1n) is 12.0. The Labute approximate surface area is 200 Å². The summed E-state index contributed by atoms with van der Waals surface area (Å²) in [6, 6.07) is 11.7. The van der Waals surface area contributed by atoms with Crippen molar-refractivity contribution in [3.63, 3.8) is 0 Å². The van der Waals surface area contributed by atoms with Gasteiger partial charge in [-0.3, -0.25) is 9.59 Å². The second-order valence-electron chi connectivity index (χ2n) is 8.86. The van der Waals surface area contributed by atoms with E-state index in [0.29, 0.717) is 26.3 Å². The topological polar surface area (TPSA) is 59.1 Å². The van der Waals surface area contributed by atoms with Gasteiger partial charge in [0, 0.05) is 37.6 Å². The summed E-state index contributed by atoms with van der Waals surface area (Å²) in [4.78, 5) is 31.8. The molecular weight excluding hydrogens is 436 g/mol. The molecular formula is C26H34N2O4S. The fourth-order valence-electron chi connectivity index (χ4n) is 4.92. The molecule has 2 heterocycles. The third-order valence-corrected chi connectivity index (χ3v) is 7.68. The minimum absolute atomic E-state index is 0.00252. The average Bonchev–Trinajstić information content (AvgIpc) is 3.54. The van der Waals surface area contributed by atoms with Gasteiger partial charge in [0.25, 0.3) is 0 Å². The Morgan fingerprint density at radius 1 is 1.15 bits per heavy atom. The van der Waals surface area contributed by atoms with Gasteiger partial charge >= 0.3 is 0 Å². The number of thiophene rings is 1. The van der Waals surface area contributed by atoms with Crippen molar-refractivity contribution in [2.24, 2.45) is 5.92 Å². The van der Waals surface area contributed by atoms with Gasteiger partial charge in [-0.15, -0.1) is 11.3 Å². The van der Waals surface area contributed by atoms with Crippen molar-refractivity contribution in [2.75, 3.05) is 40.0 Å². The molecule has 1 aromatic heterocycles. The normalized spacial score (nSPS) is 18.2. The molecule has 1 fully saturated rings. The first-order chi connectivity index (χ1) is 16.2. The number of para-hydroxylation sites is 1. The molecule has 6 nitrogen and oxygen atoms in total. The van der Waals surface area contributed by atoms with E-state index in [1.807, 2.05) is 35.2 Å². The summed E-state index contributed by atoms with van der Waals surface area (Å²) < 4.78 is 11.3. The molecule has 0 saturated heterocycles. The summed E-state index contributed by atoms with van der Waals surface area (Å²) in [5.74, 6) is 0.979. The van der Waals surface area contributed by atoms with Crippen molar-refractivity contribution in [1.82, 2.24) is 9.80 Å². The van der Waals surface area contributed by atoms with E-state index < -0.39 is 0 Å². The highest BCUT2D eigenvalue weighted by molar-refractivity contribution is 7.10. The molecule has 2 aliphatic rings. The Hall–Kier alpha value is -2.38. The van der Waals surface area contributed by atoms with Crippen molar-refractivity contribution in [2.45, 2.75) is 44.6 Å². The molecule has 7 heteroatoms. The molecule has 2 aromatic rings. The number of hydrogen-bond donors (Lipinski definition) is 0. The van der Waals surface area contributed by atoms with Crippen LogP contribution in [0.25, 0.3) is 0 Å². The molecule has 1 saturated carbocycles. The number of benzene rings is 1. The molecule has 0 radical (unpaired) electrons. The number of methoxy groups -OCH3 is 1. The molecule has 33 heavy (non-hydrogen) atoms. The van der Waals surface area contributed by atoms with E-state index in [0.717, 1.165) is 44.3 Å². The maximum absolute atomic E-state index is 13.6. The molecule has 1 aromatic carbocycles. The number of rotatable bonds is 10. The standard InChI is InChI=1S/C26H34N2O4S/c1-31-16-7-14-27(26(30)20-8-5-6-9-20)18-25(29)28-15-12-24-22(13-17-33-24)23(28)19-32-21-10-3-2-4-11-21/h2-4,10-11,13,17,20,23H,5-9,12,14-16,18-19H2,1H3. The first kappa shape index (κ1) is 23.8. The molecule has 1 aliphatic carbocycles. The summed E-state index contributed by atoms with van der Waals surface area (Å²) in [6.45, 7) is 2.31. The van der Waals surface area contributed by atoms with E-state index in [2.05, 4.69) is 11.4 Å². The minimum Gasteiger partial charge on any atom is -0.491 e. The Morgan fingerprint density at radius 2 is 1.94 bits per heavy atom. The number of nitrogens with zero attached hydrogens (tertiary/aromatic N) is 2. The lowest BCUT2D eigenvalue weighted by Crippen LogP contribution is -2.49. The molecule has 178 valence electrons. The zero-order valence-electron chi connectivity index (χ0n) is 19.4. The molecule has 2 amide bonds. The monoisotopic (exact) mass is 470 g/mol. The maximum atomic E-state index is 13.6. The van der Waals surface area contributed by atoms with Crippen LogP contribution in [0.4, 0.5) is 0 Å². The zero-order chi connectivity index (χ0) is 23.0. The van der Waals surface area contributed by atoms with Crippen molar-refractivity contribution in [3.05, 3.63) is 52.2 Å². The number of hydrogen-bond acceptors (Lipinski definition) is 5. The number of amides is 2. The third-order valence-electron chi connectivity index (χ3n) is 6.68. The number of carbonyl (C=O) groups is 2. The van der Waals surface area contributed by atoms with Gasteiger partial charge < -0.3 is 19.3 Å². The molecule has 0 bridgehead atoms. The van der Waals surface area contributed by atoms with Crippen molar-refractivity contribution in [3.8, 4) is 5.75 Å². The Kier molecular flexibility index (Phi) is 8.40. The maximum Gasteiger partial charge on any atom is 0.242 e. The van der Waals surface area contributed by atoms with Crippen LogP contribution in [0.1, 0.15) is 48.6 Å². The van der Waals surface area contributed by atoms with Crippen LogP contribution in [0.15, 0.2) is 41.8 Å². The molecule has 1 unspecified atom stereocenters. The van der Waals surface area contributed by atoms with Gasteiger partial charge in [-0.25, -0.2) is 0 Å². The van der Waals surface area contributed by atoms with Crippen LogP contribution in [-0.2, 0) is 20.7 Å². The lowest BCUT2D eigenvalue weighted by atomic mass is 10.00. The van der Waals surface area contributed by atoms with Crippen molar-refractivity contribution in [1.29, 1.82) is 0 Å². The molecule has 0 N–H and O–H groups in total. The lowest BCUT2D eigenvalue weighted by Gasteiger charge is -2.37. The van der Waals surface area contributed by atoms with Crippen LogP contribution >= 0.6 is 11.3 Å². The van der Waals surface area contributed by atoms with Gasteiger partial charge in [0.2, 0.25) is 11.8 Å². The smallest absolute Gasteiger partial charge is 0.242 e. The largest absolute Gasteiger partial charge is 0.491 e. The number of fused-ring (bicyclic) bond motifs is 1. The van der Waals surface area contributed by atoms with E-state index in [1.54, 1.807) is 23.3 Å². The molecule has 1 aliphatic heterocycles. The second kappa shape index (κ2) is 11.7. The van der Waals surface area contributed by atoms with E-state index in [-0.39, 0.29) is 30.3 Å². The predicted molar refractivity (Wildman–Crippen MR) is 129 cm³/mol. The number of ether oxygens (including phenoxy) is 2. The molecule has 1 atom stereocenters. The van der Waals surface area contributed by atoms with Gasteiger partial charge in [0.1, 0.15) is 12.4 Å². The summed E-state index contributed by atoms with van der Waals surface area (Å²) in [5, 5.41) is 2.09. The van der Waals surface area contributed by atoms with Gasteiger partial charge in [-0.1, -0.05) is 31.0 Å². The van der Waals surface area contributed by atoms with Gasteiger partial charge in [0.15, 0.2) is 0 Å². The predicted octanol–water partition coefficient (Wildman–Crippen LogP) is 4.31. The second-order valence-corrected chi connectivity index (χ2v) is 9.86. The summed E-state index contributed by atoms with van der Waals surface area (Å²) in [6.07, 6.45) is 5.65. The van der Waals surface area contributed by atoms with Crippen LogP contribution in [0, 0.1) is 5.92 Å². The van der Waals surface area contributed by atoms with E-state index in [1.165, 1.54) is 10.4 Å². The van der Waals surface area contributed by atoms with Crippen LogP contribution in [0.3, 0.4) is 0 Å². The Balaban J connectivity index is 1.47. The van der Waals surface area contributed by atoms with Gasteiger partial charge in [-0.2, -0.15) is 0 Å². The summed E-state index contributed by atoms with van der Waals surface area (Å²) in [7, 11) is 1.66. The highest BCUT2D eigenvalue weighted by atomic mass is 32.1. The highest BCUT2D eigenvalue weighted by Crippen LogP contribution is 2.34. The zero-order valence-corrected chi connectivity index (χ0v) is 20.2. The van der Waals surface area contributed by atoms with Crippen molar-refractivity contribution >= 4 is 23.2 Å². The fraction of sp³-hybridized carbons (Fsp3) is 0.538. The van der Waals surface area contributed by atoms with Crippen LogP contribution in [-0.4, -0.2) is 61.6 Å². The third kappa shape index (κ3) is 5.95. The van der Waals surface area contributed by atoms with Crippen LogP contribution in [0.2, 0.25) is 0 Å². The Bertz CT molecular complexity index is 910. The average molecular weight is 471 g/mol. The summed E-state index contributed by atoms with van der Waals surface area (Å²) >= 11 is 1.74. The van der Waals surface area contributed by atoms with Crippen LogP contribution in [0.5, 0.6) is 5.75 Å². The van der Waals surface area contributed by atoms with Crippen molar-refractivity contribution < 1.29 is 19.1 Å². The first-order valence-corrected chi connectivity index (χ1v) is 12.9. The SMILES string of the molecule is COCCCN(CC(=O)N1CCc2sccc2C1COc1ccccc1)C(=O)C1CCCC1.